The minimum Gasteiger partial charge on any atom is -0.272 e. The SMILES string of the molecule is CCCc1n[nH]c(=S)n1-c1cc(Br)cc(C(F)(F)F)c1. The number of benzene rings is 1. The summed E-state index contributed by atoms with van der Waals surface area (Å²) >= 11 is 8.20. The third kappa shape index (κ3) is 3.12. The van der Waals surface area contributed by atoms with Crippen LogP contribution in [0.1, 0.15) is 24.7 Å². The molecule has 0 bridgehead atoms. The number of nitrogens with one attached hydrogen (secondary N) is 1. The lowest BCUT2D eigenvalue weighted by Crippen LogP contribution is -2.08. The van der Waals surface area contributed by atoms with Crippen LogP contribution in [-0.4, -0.2) is 14.8 Å². The average molecular weight is 366 g/mol. The van der Waals surface area contributed by atoms with Crippen molar-refractivity contribution in [1.82, 2.24) is 14.8 Å². The second kappa shape index (κ2) is 5.69. The molecule has 0 aliphatic rings. The molecule has 3 nitrogen and oxygen atoms in total. The molecule has 1 heterocycles. The van der Waals surface area contributed by atoms with E-state index in [1.807, 2.05) is 6.92 Å². The van der Waals surface area contributed by atoms with Crippen LogP contribution in [0.15, 0.2) is 22.7 Å². The minimum absolute atomic E-state index is 0.277. The Labute approximate surface area is 126 Å². The van der Waals surface area contributed by atoms with Crippen LogP contribution in [0, 0.1) is 4.77 Å². The van der Waals surface area contributed by atoms with E-state index in [4.69, 9.17) is 12.2 Å². The molecule has 1 N–H and O–H groups in total. The van der Waals surface area contributed by atoms with Crippen LogP contribution in [0.5, 0.6) is 0 Å². The molecule has 0 radical (unpaired) electrons. The first kappa shape index (κ1) is 15.2. The highest BCUT2D eigenvalue weighted by Crippen LogP contribution is 2.33. The van der Waals surface area contributed by atoms with Gasteiger partial charge in [0.25, 0.3) is 0 Å². The highest BCUT2D eigenvalue weighted by atomic mass is 79.9. The summed E-state index contributed by atoms with van der Waals surface area (Å²) in [6, 6.07) is 3.68. The number of aryl methyl sites for hydroxylation is 1. The molecule has 0 saturated carbocycles. The zero-order valence-corrected chi connectivity index (χ0v) is 12.9. The molecule has 108 valence electrons. The molecule has 0 amide bonds. The van der Waals surface area contributed by atoms with Crippen LogP contribution in [0.2, 0.25) is 0 Å². The van der Waals surface area contributed by atoms with Crippen molar-refractivity contribution in [2.75, 3.05) is 0 Å². The maximum absolute atomic E-state index is 12.9. The van der Waals surface area contributed by atoms with Crippen molar-refractivity contribution in [3.8, 4) is 5.69 Å². The molecule has 0 unspecified atom stereocenters. The Balaban J connectivity index is 2.61. The average Bonchev–Trinajstić information content (AvgIpc) is 2.69. The fourth-order valence-electron chi connectivity index (χ4n) is 1.85. The van der Waals surface area contributed by atoms with Gasteiger partial charge < -0.3 is 0 Å². The van der Waals surface area contributed by atoms with E-state index in [0.29, 0.717) is 22.4 Å². The van der Waals surface area contributed by atoms with Gasteiger partial charge in [-0.25, -0.2) is 0 Å². The van der Waals surface area contributed by atoms with Crippen LogP contribution in [0.3, 0.4) is 0 Å². The third-order valence-electron chi connectivity index (χ3n) is 2.68. The van der Waals surface area contributed by atoms with Gasteiger partial charge in [-0.1, -0.05) is 22.9 Å². The van der Waals surface area contributed by atoms with E-state index < -0.39 is 11.7 Å². The number of rotatable bonds is 3. The highest BCUT2D eigenvalue weighted by Gasteiger charge is 2.31. The first-order valence-corrected chi connectivity index (χ1v) is 7.07. The summed E-state index contributed by atoms with van der Waals surface area (Å²) in [6.07, 6.45) is -2.96. The molecule has 0 aliphatic heterocycles. The standard InChI is InChI=1S/C12H11BrF3N3S/c1-2-3-10-17-18-11(20)19(10)9-5-7(12(14,15)16)4-8(13)6-9/h4-6H,2-3H2,1H3,(H,18,20). The van der Waals surface area contributed by atoms with Crippen molar-refractivity contribution >= 4 is 28.1 Å². The Morgan fingerprint density at radius 3 is 2.65 bits per heavy atom. The maximum Gasteiger partial charge on any atom is 0.416 e. The second-order valence-corrected chi connectivity index (χ2v) is 5.53. The van der Waals surface area contributed by atoms with Crippen LogP contribution >= 0.6 is 28.1 Å². The Hall–Kier alpha value is -1.15. The molecular formula is C12H11BrF3N3S. The number of aromatic amines is 1. The van der Waals surface area contributed by atoms with E-state index in [1.54, 1.807) is 6.07 Å². The summed E-state index contributed by atoms with van der Waals surface area (Å²) in [7, 11) is 0. The number of aromatic nitrogens is 3. The summed E-state index contributed by atoms with van der Waals surface area (Å²) < 4.78 is 40.7. The summed E-state index contributed by atoms with van der Waals surface area (Å²) in [5.41, 5.74) is -0.388. The van der Waals surface area contributed by atoms with E-state index in [1.165, 1.54) is 4.57 Å². The number of hydrogen-bond acceptors (Lipinski definition) is 2. The second-order valence-electron chi connectivity index (χ2n) is 4.23. The van der Waals surface area contributed by atoms with Crippen LogP contribution in [0.25, 0.3) is 5.69 Å². The number of H-pyrrole nitrogens is 1. The largest absolute Gasteiger partial charge is 0.416 e. The van der Waals surface area contributed by atoms with Gasteiger partial charge in [-0.2, -0.15) is 18.3 Å². The Morgan fingerprint density at radius 1 is 1.35 bits per heavy atom. The summed E-state index contributed by atoms with van der Waals surface area (Å²) in [5.74, 6) is 0.615. The normalized spacial score (nSPS) is 11.8. The number of halogens is 4. The van der Waals surface area contributed by atoms with Gasteiger partial charge in [-0.15, -0.1) is 0 Å². The Bertz CT molecular complexity index is 675. The molecule has 1 aromatic heterocycles. The van der Waals surface area contributed by atoms with Crippen molar-refractivity contribution < 1.29 is 13.2 Å². The van der Waals surface area contributed by atoms with Crippen molar-refractivity contribution in [3.05, 3.63) is 38.8 Å². The lowest BCUT2D eigenvalue weighted by molar-refractivity contribution is -0.137. The molecule has 2 rings (SSSR count). The molecule has 8 heteroatoms. The predicted octanol–water partition coefficient (Wildman–Crippen LogP) is 4.66. The number of hydrogen-bond donors (Lipinski definition) is 1. The van der Waals surface area contributed by atoms with E-state index >= 15 is 0 Å². The first-order chi connectivity index (χ1) is 9.32. The van der Waals surface area contributed by atoms with Gasteiger partial charge in [0.1, 0.15) is 5.82 Å². The molecular weight excluding hydrogens is 355 g/mol. The Kier molecular flexibility index (Phi) is 4.33. The third-order valence-corrected chi connectivity index (χ3v) is 3.42. The quantitative estimate of drug-likeness (QED) is 0.802. The maximum atomic E-state index is 12.9. The Morgan fingerprint density at radius 2 is 2.05 bits per heavy atom. The van der Waals surface area contributed by atoms with Gasteiger partial charge >= 0.3 is 6.18 Å². The monoisotopic (exact) mass is 365 g/mol. The highest BCUT2D eigenvalue weighted by molar-refractivity contribution is 9.10. The van der Waals surface area contributed by atoms with Crippen molar-refractivity contribution in [3.63, 3.8) is 0 Å². The fraction of sp³-hybridized carbons (Fsp3) is 0.333. The molecule has 20 heavy (non-hydrogen) atoms. The van der Waals surface area contributed by atoms with Crippen LogP contribution in [0.4, 0.5) is 13.2 Å². The van der Waals surface area contributed by atoms with Gasteiger partial charge in [-0.3, -0.25) is 9.67 Å². The molecule has 0 aliphatic carbocycles. The van der Waals surface area contributed by atoms with Crippen LogP contribution < -0.4 is 0 Å². The van der Waals surface area contributed by atoms with Crippen molar-refractivity contribution in [2.24, 2.45) is 0 Å². The van der Waals surface area contributed by atoms with E-state index in [2.05, 4.69) is 26.1 Å². The van der Waals surface area contributed by atoms with Gasteiger partial charge in [0, 0.05) is 10.9 Å². The summed E-state index contributed by atoms with van der Waals surface area (Å²) in [4.78, 5) is 0. The topological polar surface area (TPSA) is 33.6 Å². The van der Waals surface area contributed by atoms with E-state index in [0.717, 1.165) is 18.6 Å². The number of nitrogens with zero attached hydrogens (tertiary/aromatic N) is 2. The summed E-state index contributed by atoms with van der Waals surface area (Å²) in [6.45, 7) is 1.96. The molecule has 2 aromatic rings. The van der Waals surface area contributed by atoms with Crippen molar-refractivity contribution in [2.45, 2.75) is 25.9 Å². The van der Waals surface area contributed by atoms with Gasteiger partial charge in [0.2, 0.25) is 0 Å². The number of alkyl halides is 3. The van der Waals surface area contributed by atoms with E-state index in [-0.39, 0.29) is 4.77 Å². The van der Waals surface area contributed by atoms with Crippen molar-refractivity contribution in [1.29, 1.82) is 0 Å². The fourth-order valence-corrected chi connectivity index (χ4v) is 2.59. The smallest absolute Gasteiger partial charge is 0.272 e. The van der Waals surface area contributed by atoms with Gasteiger partial charge in [-0.05, 0) is 36.8 Å². The lowest BCUT2D eigenvalue weighted by atomic mass is 10.2. The molecule has 0 saturated heterocycles. The van der Waals surface area contributed by atoms with Crippen LogP contribution in [-0.2, 0) is 12.6 Å². The molecule has 0 spiro atoms. The zero-order chi connectivity index (χ0) is 14.9. The first-order valence-electron chi connectivity index (χ1n) is 5.87. The predicted molar refractivity (Wildman–Crippen MR) is 75.4 cm³/mol. The van der Waals surface area contributed by atoms with Gasteiger partial charge in [0.05, 0.1) is 11.3 Å². The lowest BCUT2D eigenvalue weighted by Gasteiger charge is -2.12. The molecule has 0 fully saturated rings. The van der Waals surface area contributed by atoms with Gasteiger partial charge in [0.15, 0.2) is 4.77 Å². The van der Waals surface area contributed by atoms with E-state index in [9.17, 15) is 13.2 Å². The summed E-state index contributed by atoms with van der Waals surface area (Å²) in [5, 5.41) is 6.67. The molecule has 0 atom stereocenters. The zero-order valence-electron chi connectivity index (χ0n) is 10.5. The minimum atomic E-state index is -4.41. The molecule has 1 aromatic carbocycles.